The molecule has 4 rings (SSSR count). The van der Waals surface area contributed by atoms with Crippen molar-refractivity contribution >= 4 is 40.8 Å². The zero-order chi connectivity index (χ0) is 25.2. The third-order valence-electron chi connectivity index (χ3n) is 6.38. The van der Waals surface area contributed by atoms with Crippen molar-refractivity contribution < 1.29 is 14.4 Å². The molecule has 0 atom stereocenters. The molecule has 9 heteroatoms. The normalized spacial score (nSPS) is 17.6. The number of halogens is 1. The molecule has 1 spiro atoms. The maximum absolute atomic E-state index is 13.8. The van der Waals surface area contributed by atoms with E-state index >= 15 is 0 Å². The van der Waals surface area contributed by atoms with Gasteiger partial charge in [0.05, 0.1) is 6.67 Å². The number of hydrogen-bond acceptors (Lipinski definition) is 4. The van der Waals surface area contributed by atoms with Crippen molar-refractivity contribution in [2.45, 2.75) is 44.7 Å². The summed E-state index contributed by atoms with van der Waals surface area (Å²) in [5, 5.41) is 6.35. The van der Waals surface area contributed by atoms with Crippen LogP contribution in [0.1, 0.15) is 33.6 Å². The first kappa shape index (κ1) is 24.9. The van der Waals surface area contributed by atoms with Gasteiger partial charge in [0.1, 0.15) is 12.1 Å². The predicted molar refractivity (Wildman–Crippen MR) is 137 cm³/mol. The van der Waals surface area contributed by atoms with E-state index in [4.69, 9.17) is 11.6 Å². The van der Waals surface area contributed by atoms with Crippen LogP contribution in [-0.2, 0) is 9.59 Å². The molecule has 35 heavy (non-hydrogen) atoms. The second-order valence-corrected chi connectivity index (χ2v) is 10.6. The molecule has 0 bridgehead atoms. The number of para-hydroxylation sites is 1. The van der Waals surface area contributed by atoms with E-state index in [1.54, 1.807) is 34.1 Å². The van der Waals surface area contributed by atoms with Gasteiger partial charge in [-0.25, -0.2) is 4.79 Å². The number of benzene rings is 2. The molecule has 186 valence electrons. The Hall–Kier alpha value is -3.26. The van der Waals surface area contributed by atoms with Crippen LogP contribution in [-0.4, -0.2) is 65.0 Å². The molecular weight excluding hydrogens is 466 g/mol. The average molecular weight is 498 g/mol. The van der Waals surface area contributed by atoms with Gasteiger partial charge in [0, 0.05) is 35.0 Å². The van der Waals surface area contributed by atoms with E-state index in [0.29, 0.717) is 43.3 Å². The van der Waals surface area contributed by atoms with Crippen LogP contribution in [0.15, 0.2) is 54.6 Å². The minimum absolute atomic E-state index is 0.0648. The Morgan fingerprint density at radius 3 is 2.34 bits per heavy atom. The van der Waals surface area contributed by atoms with E-state index in [-0.39, 0.29) is 29.9 Å². The summed E-state index contributed by atoms with van der Waals surface area (Å²) in [4.78, 5) is 44.7. The van der Waals surface area contributed by atoms with E-state index in [2.05, 4.69) is 15.5 Å². The lowest BCUT2D eigenvalue weighted by Gasteiger charge is -2.43. The number of anilines is 2. The molecule has 0 aromatic heterocycles. The van der Waals surface area contributed by atoms with Gasteiger partial charge in [-0.3, -0.25) is 9.59 Å². The summed E-state index contributed by atoms with van der Waals surface area (Å²) in [6, 6.07) is 16.6. The minimum atomic E-state index is -0.795. The molecule has 2 aromatic carbocycles. The molecule has 2 aromatic rings. The summed E-state index contributed by atoms with van der Waals surface area (Å²) in [7, 11) is 0. The molecule has 4 amide bonds. The fraction of sp³-hybridized carbons (Fsp3) is 0.423. The molecule has 0 unspecified atom stereocenters. The van der Waals surface area contributed by atoms with Crippen LogP contribution in [0.25, 0.3) is 0 Å². The third kappa shape index (κ3) is 5.53. The van der Waals surface area contributed by atoms with Crippen LogP contribution in [0.2, 0.25) is 5.02 Å². The molecule has 0 saturated carbocycles. The van der Waals surface area contributed by atoms with Crippen LogP contribution >= 0.6 is 11.6 Å². The largest absolute Gasteiger partial charge is 0.339 e. The first-order chi connectivity index (χ1) is 16.6. The fourth-order valence-corrected chi connectivity index (χ4v) is 4.93. The summed E-state index contributed by atoms with van der Waals surface area (Å²) in [6.07, 6.45) is 0.982. The van der Waals surface area contributed by atoms with E-state index in [1.807, 2.05) is 51.1 Å². The van der Waals surface area contributed by atoms with E-state index in [1.165, 1.54) is 0 Å². The van der Waals surface area contributed by atoms with Gasteiger partial charge >= 0.3 is 6.03 Å². The van der Waals surface area contributed by atoms with Crippen LogP contribution in [0.4, 0.5) is 16.2 Å². The Bertz CT molecular complexity index is 1090. The SMILES string of the molecule is CC(C)(C)NC(=O)N1CCC2(CC1)C(=O)N(CC(=O)Nc1cccc(Cl)c1)CN2c1ccccc1. The van der Waals surface area contributed by atoms with Crippen molar-refractivity contribution in [3.05, 3.63) is 59.6 Å². The van der Waals surface area contributed by atoms with E-state index < -0.39 is 5.54 Å². The zero-order valence-corrected chi connectivity index (χ0v) is 21.1. The molecule has 2 fully saturated rings. The van der Waals surface area contributed by atoms with E-state index in [0.717, 1.165) is 5.69 Å². The Labute approximate surface area is 211 Å². The van der Waals surface area contributed by atoms with Crippen molar-refractivity contribution in [1.29, 1.82) is 0 Å². The van der Waals surface area contributed by atoms with Gasteiger partial charge in [0.2, 0.25) is 5.91 Å². The molecule has 0 aliphatic carbocycles. The Morgan fingerprint density at radius 1 is 1.03 bits per heavy atom. The highest BCUT2D eigenvalue weighted by atomic mass is 35.5. The molecule has 2 heterocycles. The number of carbonyl (C=O) groups is 3. The summed E-state index contributed by atoms with van der Waals surface area (Å²) >= 11 is 6.02. The van der Waals surface area contributed by atoms with E-state index in [9.17, 15) is 14.4 Å². The van der Waals surface area contributed by atoms with Gasteiger partial charge in [-0.2, -0.15) is 0 Å². The molecule has 2 aliphatic rings. The van der Waals surface area contributed by atoms with Crippen LogP contribution in [0.5, 0.6) is 0 Å². The van der Waals surface area contributed by atoms with Crippen molar-refractivity contribution in [3.63, 3.8) is 0 Å². The Kier molecular flexibility index (Phi) is 6.94. The topological polar surface area (TPSA) is 85.0 Å². The number of nitrogens with one attached hydrogen (secondary N) is 2. The molecule has 2 aliphatic heterocycles. The van der Waals surface area contributed by atoms with Crippen molar-refractivity contribution in [2.24, 2.45) is 0 Å². The lowest BCUT2D eigenvalue weighted by molar-refractivity contribution is -0.136. The number of nitrogens with zero attached hydrogens (tertiary/aromatic N) is 3. The number of piperidine rings is 1. The van der Waals surface area contributed by atoms with Gasteiger partial charge in [0.25, 0.3) is 5.91 Å². The number of rotatable bonds is 4. The Morgan fingerprint density at radius 2 is 1.71 bits per heavy atom. The highest BCUT2D eigenvalue weighted by Crippen LogP contribution is 2.39. The fourth-order valence-electron chi connectivity index (χ4n) is 4.74. The third-order valence-corrected chi connectivity index (χ3v) is 6.62. The summed E-state index contributed by atoms with van der Waals surface area (Å²) < 4.78 is 0. The summed E-state index contributed by atoms with van der Waals surface area (Å²) in [6.45, 7) is 6.99. The standard InChI is InChI=1S/C26H32ClN5O3/c1-25(2,3)29-24(35)30-14-12-26(13-15-30)23(34)31(18-32(26)21-10-5-4-6-11-21)17-22(33)28-20-9-7-8-19(27)16-20/h4-11,16H,12-15,17-18H2,1-3H3,(H,28,33)(H,29,35). The predicted octanol–water partition coefficient (Wildman–Crippen LogP) is 3.93. The first-order valence-corrected chi connectivity index (χ1v) is 12.2. The van der Waals surface area contributed by atoms with Crippen molar-refractivity contribution in [2.75, 3.05) is 36.5 Å². The highest BCUT2D eigenvalue weighted by Gasteiger charge is 2.54. The number of likely N-dealkylation sites (tertiary alicyclic amines) is 1. The number of carbonyl (C=O) groups excluding carboxylic acids is 3. The molecule has 2 N–H and O–H groups in total. The second-order valence-electron chi connectivity index (χ2n) is 10.2. The highest BCUT2D eigenvalue weighted by molar-refractivity contribution is 6.30. The summed E-state index contributed by atoms with van der Waals surface area (Å²) in [5.74, 6) is -0.369. The maximum Gasteiger partial charge on any atom is 0.317 e. The van der Waals surface area contributed by atoms with Gasteiger partial charge in [-0.15, -0.1) is 0 Å². The van der Waals surface area contributed by atoms with Crippen molar-refractivity contribution in [3.8, 4) is 0 Å². The number of urea groups is 1. The van der Waals surface area contributed by atoms with Crippen LogP contribution in [0.3, 0.4) is 0 Å². The van der Waals surface area contributed by atoms with Gasteiger partial charge in [-0.05, 0) is 63.9 Å². The average Bonchev–Trinajstić information content (AvgIpc) is 3.05. The first-order valence-electron chi connectivity index (χ1n) is 11.8. The lowest BCUT2D eigenvalue weighted by atomic mass is 9.85. The molecule has 0 radical (unpaired) electrons. The molecule has 8 nitrogen and oxygen atoms in total. The number of amides is 4. The molecular formula is C26H32ClN5O3. The maximum atomic E-state index is 13.8. The Balaban J connectivity index is 1.51. The smallest absolute Gasteiger partial charge is 0.317 e. The van der Waals surface area contributed by atoms with Crippen LogP contribution in [0, 0.1) is 0 Å². The molecule has 2 saturated heterocycles. The van der Waals surface area contributed by atoms with Crippen LogP contribution < -0.4 is 15.5 Å². The zero-order valence-electron chi connectivity index (χ0n) is 20.4. The van der Waals surface area contributed by atoms with Gasteiger partial charge < -0.3 is 25.3 Å². The lowest BCUT2D eigenvalue weighted by Crippen LogP contribution is -2.59. The monoisotopic (exact) mass is 497 g/mol. The quantitative estimate of drug-likeness (QED) is 0.670. The second kappa shape index (κ2) is 9.77. The van der Waals surface area contributed by atoms with Gasteiger partial charge in [-0.1, -0.05) is 35.9 Å². The summed E-state index contributed by atoms with van der Waals surface area (Å²) in [5.41, 5.74) is 0.377. The van der Waals surface area contributed by atoms with Crippen molar-refractivity contribution in [1.82, 2.24) is 15.1 Å². The minimum Gasteiger partial charge on any atom is -0.339 e. The number of hydrogen-bond donors (Lipinski definition) is 2. The van der Waals surface area contributed by atoms with Gasteiger partial charge in [0.15, 0.2) is 0 Å².